The molecule has 23 heavy (non-hydrogen) atoms. The normalized spacial score (nSPS) is 28.5. The summed E-state index contributed by atoms with van der Waals surface area (Å²) >= 11 is 0. The zero-order valence-corrected chi connectivity index (χ0v) is 13.4. The first-order valence-corrected chi connectivity index (χ1v) is 8.34. The lowest BCUT2D eigenvalue weighted by Crippen LogP contribution is -2.43. The van der Waals surface area contributed by atoms with Gasteiger partial charge in [0, 0.05) is 45.3 Å². The van der Waals surface area contributed by atoms with E-state index in [-0.39, 0.29) is 29.8 Å². The first-order valence-electron chi connectivity index (χ1n) is 8.34. The Morgan fingerprint density at radius 3 is 2.74 bits per heavy atom. The van der Waals surface area contributed by atoms with Crippen molar-refractivity contribution < 1.29 is 14.3 Å². The number of aryl methyl sites for hydroxylation is 1. The second kappa shape index (κ2) is 5.63. The number of hydrogen-bond donors (Lipinski definition) is 0. The third-order valence-corrected chi connectivity index (χ3v) is 5.32. The van der Waals surface area contributed by atoms with E-state index in [0.29, 0.717) is 19.6 Å². The molecule has 0 N–H and O–H groups in total. The zero-order valence-electron chi connectivity index (χ0n) is 13.4. The number of amides is 2. The fourth-order valence-electron chi connectivity index (χ4n) is 4.17. The van der Waals surface area contributed by atoms with E-state index in [9.17, 15) is 9.59 Å². The maximum absolute atomic E-state index is 12.8. The fraction of sp³-hybridized carbons (Fsp3) is 0.688. The number of fused-ring (bicyclic) bond motifs is 1. The molecule has 0 aliphatic carbocycles. The molecule has 0 aromatic carbocycles. The molecule has 3 aliphatic rings. The highest BCUT2D eigenvalue weighted by atomic mass is 16.5. The van der Waals surface area contributed by atoms with Gasteiger partial charge < -0.3 is 14.5 Å². The number of rotatable bonds is 2. The molecule has 0 saturated carbocycles. The van der Waals surface area contributed by atoms with Gasteiger partial charge in [-0.1, -0.05) is 0 Å². The minimum absolute atomic E-state index is 0.0121. The topological polar surface area (TPSA) is 67.7 Å². The van der Waals surface area contributed by atoms with E-state index in [1.165, 1.54) is 0 Å². The highest BCUT2D eigenvalue weighted by Crippen LogP contribution is 2.37. The smallest absolute Gasteiger partial charge is 0.229 e. The maximum atomic E-state index is 12.8. The summed E-state index contributed by atoms with van der Waals surface area (Å²) in [6.45, 7) is 2.08. The van der Waals surface area contributed by atoms with Crippen molar-refractivity contribution in [3.05, 3.63) is 12.4 Å². The average molecular weight is 318 g/mol. The number of hydrogen-bond acceptors (Lipinski definition) is 4. The first kappa shape index (κ1) is 14.7. The molecule has 124 valence electrons. The van der Waals surface area contributed by atoms with E-state index < -0.39 is 0 Å². The number of carbonyl (C=O) groups is 2. The summed E-state index contributed by atoms with van der Waals surface area (Å²) in [5, 5.41) is 4.17. The Hall–Kier alpha value is -1.89. The molecule has 2 atom stereocenters. The molecule has 0 bridgehead atoms. The summed E-state index contributed by atoms with van der Waals surface area (Å²) < 4.78 is 7.06. The Labute approximate surface area is 135 Å². The number of carbonyl (C=O) groups excluding carboxylic acids is 2. The van der Waals surface area contributed by atoms with Crippen molar-refractivity contribution in [3.63, 3.8) is 0 Å². The summed E-state index contributed by atoms with van der Waals surface area (Å²) in [5.41, 5.74) is 0.838. The van der Waals surface area contributed by atoms with E-state index in [0.717, 1.165) is 31.5 Å². The molecule has 2 amide bonds. The van der Waals surface area contributed by atoms with Crippen LogP contribution in [-0.2, 0) is 21.4 Å². The largest absolute Gasteiger partial charge is 0.381 e. The minimum Gasteiger partial charge on any atom is -0.381 e. The Kier molecular flexibility index (Phi) is 3.60. The van der Waals surface area contributed by atoms with E-state index in [1.54, 1.807) is 10.9 Å². The average Bonchev–Trinajstić information content (AvgIpc) is 3.22. The van der Waals surface area contributed by atoms with Gasteiger partial charge in [0.25, 0.3) is 0 Å². The molecule has 3 aliphatic heterocycles. The van der Waals surface area contributed by atoms with Crippen LogP contribution in [0.25, 0.3) is 0 Å². The summed E-state index contributed by atoms with van der Waals surface area (Å²) in [5.74, 6) is 0.365. The van der Waals surface area contributed by atoms with Gasteiger partial charge in [0.05, 0.1) is 24.0 Å². The standard InChI is InChI=1S/C16H22N4O3/c1-18-10-12(9-17-18)20-13-2-5-19(14(13)8-15(20)21)16(22)11-3-6-23-7-4-11/h9-11,13-14H,2-8H2,1H3/t13-,14+/m0/s1. The number of anilines is 1. The highest BCUT2D eigenvalue weighted by molar-refractivity contribution is 5.98. The molecule has 3 fully saturated rings. The molecule has 0 radical (unpaired) electrons. The van der Waals surface area contributed by atoms with Crippen LogP contribution in [0.5, 0.6) is 0 Å². The number of likely N-dealkylation sites (tertiary alicyclic amines) is 1. The second-order valence-electron chi connectivity index (χ2n) is 6.68. The predicted molar refractivity (Wildman–Crippen MR) is 82.8 cm³/mol. The van der Waals surface area contributed by atoms with Crippen LogP contribution >= 0.6 is 0 Å². The van der Waals surface area contributed by atoms with Crippen molar-refractivity contribution in [2.75, 3.05) is 24.7 Å². The van der Waals surface area contributed by atoms with Gasteiger partial charge >= 0.3 is 0 Å². The summed E-state index contributed by atoms with van der Waals surface area (Å²) in [6.07, 6.45) is 6.46. The lowest BCUT2D eigenvalue weighted by atomic mass is 9.98. The second-order valence-corrected chi connectivity index (χ2v) is 6.68. The highest BCUT2D eigenvalue weighted by Gasteiger charge is 2.49. The Bertz CT molecular complexity index is 623. The van der Waals surface area contributed by atoms with Crippen molar-refractivity contribution in [2.45, 2.75) is 37.8 Å². The molecule has 1 aromatic rings. The molecule has 0 unspecified atom stereocenters. The van der Waals surface area contributed by atoms with Crippen molar-refractivity contribution in [1.82, 2.24) is 14.7 Å². The van der Waals surface area contributed by atoms with Crippen LogP contribution in [0.4, 0.5) is 5.69 Å². The van der Waals surface area contributed by atoms with E-state index >= 15 is 0 Å². The molecule has 0 spiro atoms. The third kappa shape index (κ3) is 2.43. The zero-order chi connectivity index (χ0) is 16.0. The Morgan fingerprint density at radius 2 is 2.04 bits per heavy atom. The van der Waals surface area contributed by atoms with Crippen LogP contribution in [0, 0.1) is 5.92 Å². The van der Waals surface area contributed by atoms with Crippen LogP contribution in [0.1, 0.15) is 25.7 Å². The molecule has 4 rings (SSSR count). The summed E-state index contributed by atoms with van der Waals surface area (Å²) in [6, 6.07) is 0.105. The Morgan fingerprint density at radius 1 is 1.26 bits per heavy atom. The summed E-state index contributed by atoms with van der Waals surface area (Å²) in [7, 11) is 1.84. The number of nitrogens with zero attached hydrogens (tertiary/aromatic N) is 4. The van der Waals surface area contributed by atoms with Crippen molar-refractivity contribution in [2.24, 2.45) is 13.0 Å². The fourth-order valence-corrected chi connectivity index (χ4v) is 4.17. The maximum Gasteiger partial charge on any atom is 0.229 e. The van der Waals surface area contributed by atoms with Gasteiger partial charge in [-0.15, -0.1) is 0 Å². The van der Waals surface area contributed by atoms with Gasteiger partial charge in [-0.2, -0.15) is 5.10 Å². The SMILES string of the molecule is Cn1cc(N2C(=O)C[C@@H]3[C@@H]2CCN3C(=O)C2CCOCC2)cn1. The minimum atomic E-state index is 0.0121. The van der Waals surface area contributed by atoms with E-state index in [1.807, 2.05) is 23.0 Å². The molecular weight excluding hydrogens is 296 g/mol. The molecular formula is C16H22N4O3. The first-order chi connectivity index (χ1) is 11.1. The number of aromatic nitrogens is 2. The molecule has 7 nitrogen and oxygen atoms in total. The van der Waals surface area contributed by atoms with Gasteiger partial charge in [-0.3, -0.25) is 14.3 Å². The lowest BCUT2D eigenvalue weighted by molar-refractivity contribution is -0.139. The van der Waals surface area contributed by atoms with Crippen LogP contribution < -0.4 is 4.90 Å². The van der Waals surface area contributed by atoms with Crippen LogP contribution in [0.15, 0.2) is 12.4 Å². The quantitative estimate of drug-likeness (QED) is 0.799. The van der Waals surface area contributed by atoms with Crippen molar-refractivity contribution in [3.8, 4) is 0 Å². The molecule has 1 aromatic heterocycles. The van der Waals surface area contributed by atoms with Gasteiger partial charge in [0.2, 0.25) is 11.8 Å². The summed E-state index contributed by atoms with van der Waals surface area (Å²) in [4.78, 5) is 29.1. The molecule has 4 heterocycles. The van der Waals surface area contributed by atoms with Crippen LogP contribution in [-0.4, -0.2) is 58.3 Å². The van der Waals surface area contributed by atoms with Crippen molar-refractivity contribution >= 4 is 17.5 Å². The molecule has 7 heteroatoms. The van der Waals surface area contributed by atoms with Gasteiger partial charge in [0.15, 0.2) is 0 Å². The monoisotopic (exact) mass is 318 g/mol. The number of ether oxygens (including phenoxy) is 1. The van der Waals surface area contributed by atoms with Gasteiger partial charge in [-0.05, 0) is 19.3 Å². The van der Waals surface area contributed by atoms with E-state index in [4.69, 9.17) is 4.74 Å². The van der Waals surface area contributed by atoms with Gasteiger partial charge in [-0.25, -0.2) is 0 Å². The third-order valence-electron chi connectivity index (χ3n) is 5.32. The Balaban J connectivity index is 1.52. The van der Waals surface area contributed by atoms with E-state index in [2.05, 4.69) is 5.10 Å². The molecule has 3 saturated heterocycles. The van der Waals surface area contributed by atoms with Gasteiger partial charge in [0.1, 0.15) is 0 Å². The van der Waals surface area contributed by atoms with Crippen molar-refractivity contribution in [1.29, 1.82) is 0 Å². The van der Waals surface area contributed by atoms with Crippen LogP contribution in [0.2, 0.25) is 0 Å². The predicted octanol–water partition coefficient (Wildman–Crippen LogP) is 0.553. The van der Waals surface area contributed by atoms with Crippen LogP contribution in [0.3, 0.4) is 0 Å². The lowest BCUT2D eigenvalue weighted by Gasteiger charge is -2.30.